The van der Waals surface area contributed by atoms with E-state index in [4.69, 9.17) is 24.8 Å². The molecule has 1 atom stereocenters. The van der Waals surface area contributed by atoms with Crippen LogP contribution in [0, 0.1) is 5.92 Å². The first-order valence-corrected chi connectivity index (χ1v) is 7.09. The Kier molecular flexibility index (Phi) is 5.67. The maximum Gasteiger partial charge on any atom is 0.203 e. The highest BCUT2D eigenvalue weighted by molar-refractivity contribution is 5.56. The fourth-order valence-corrected chi connectivity index (χ4v) is 2.90. The molecule has 1 saturated heterocycles. The summed E-state index contributed by atoms with van der Waals surface area (Å²) in [6.45, 7) is 1.52. The van der Waals surface area contributed by atoms with Crippen molar-refractivity contribution >= 4 is 0 Å². The van der Waals surface area contributed by atoms with E-state index in [1.807, 2.05) is 12.1 Å². The molecule has 1 unspecified atom stereocenters. The Morgan fingerprint density at radius 1 is 1.10 bits per heavy atom. The molecule has 2 rings (SSSR count). The minimum absolute atomic E-state index is 0.0105. The van der Waals surface area contributed by atoms with Gasteiger partial charge in [-0.25, -0.2) is 0 Å². The second-order valence-corrected chi connectivity index (χ2v) is 5.02. The summed E-state index contributed by atoms with van der Waals surface area (Å²) in [6, 6.07) is 3.84. The van der Waals surface area contributed by atoms with Crippen LogP contribution in [0.4, 0.5) is 0 Å². The van der Waals surface area contributed by atoms with Crippen LogP contribution in [0.5, 0.6) is 17.2 Å². The molecule has 1 heterocycles. The van der Waals surface area contributed by atoms with Gasteiger partial charge in [-0.1, -0.05) is 0 Å². The average Bonchev–Trinajstić information content (AvgIpc) is 2.55. The van der Waals surface area contributed by atoms with Crippen molar-refractivity contribution in [1.82, 2.24) is 5.43 Å². The van der Waals surface area contributed by atoms with E-state index in [0.29, 0.717) is 23.2 Å². The number of ether oxygens (including phenoxy) is 4. The third kappa shape index (κ3) is 3.23. The third-order valence-electron chi connectivity index (χ3n) is 3.99. The van der Waals surface area contributed by atoms with E-state index in [2.05, 4.69) is 5.43 Å². The van der Waals surface area contributed by atoms with Gasteiger partial charge in [-0.05, 0) is 30.9 Å². The van der Waals surface area contributed by atoms with Gasteiger partial charge in [0.1, 0.15) is 0 Å². The summed E-state index contributed by atoms with van der Waals surface area (Å²) in [5.41, 5.74) is 3.90. The molecule has 0 bridgehead atoms. The zero-order valence-corrected chi connectivity index (χ0v) is 12.8. The van der Waals surface area contributed by atoms with E-state index in [1.165, 1.54) is 0 Å². The van der Waals surface area contributed by atoms with Gasteiger partial charge in [0.05, 0.1) is 27.4 Å². The van der Waals surface area contributed by atoms with E-state index in [-0.39, 0.29) is 6.04 Å². The molecule has 3 N–H and O–H groups in total. The summed E-state index contributed by atoms with van der Waals surface area (Å²) in [4.78, 5) is 0. The minimum Gasteiger partial charge on any atom is -0.493 e. The summed E-state index contributed by atoms with van der Waals surface area (Å²) < 4.78 is 21.7. The predicted molar refractivity (Wildman–Crippen MR) is 79.7 cm³/mol. The molecular formula is C15H24N2O4. The van der Waals surface area contributed by atoms with Crippen molar-refractivity contribution in [2.75, 3.05) is 34.5 Å². The number of hydrogen-bond donors (Lipinski definition) is 2. The monoisotopic (exact) mass is 296 g/mol. The fourth-order valence-electron chi connectivity index (χ4n) is 2.90. The largest absolute Gasteiger partial charge is 0.493 e. The van der Waals surface area contributed by atoms with E-state index in [0.717, 1.165) is 31.6 Å². The Labute approximate surface area is 125 Å². The Bertz CT molecular complexity index is 461. The first-order valence-electron chi connectivity index (χ1n) is 7.09. The average molecular weight is 296 g/mol. The fraction of sp³-hybridized carbons (Fsp3) is 0.600. The van der Waals surface area contributed by atoms with Gasteiger partial charge in [-0.2, -0.15) is 0 Å². The summed E-state index contributed by atoms with van der Waals surface area (Å²) in [7, 11) is 4.83. The number of nitrogens with one attached hydrogen (secondary N) is 1. The van der Waals surface area contributed by atoms with E-state index >= 15 is 0 Å². The normalized spacial score (nSPS) is 17.3. The smallest absolute Gasteiger partial charge is 0.203 e. The van der Waals surface area contributed by atoms with Crippen LogP contribution in [0.1, 0.15) is 24.4 Å². The van der Waals surface area contributed by atoms with Gasteiger partial charge in [0.25, 0.3) is 0 Å². The second-order valence-electron chi connectivity index (χ2n) is 5.02. The lowest BCUT2D eigenvalue weighted by atomic mass is 9.87. The highest BCUT2D eigenvalue weighted by Gasteiger charge is 2.29. The van der Waals surface area contributed by atoms with E-state index in [1.54, 1.807) is 21.3 Å². The summed E-state index contributed by atoms with van der Waals surface area (Å²) in [5, 5.41) is 0. The van der Waals surface area contributed by atoms with Gasteiger partial charge in [0.2, 0.25) is 5.75 Å². The van der Waals surface area contributed by atoms with Crippen LogP contribution in [-0.2, 0) is 4.74 Å². The molecule has 0 amide bonds. The molecule has 6 heteroatoms. The Hall–Kier alpha value is -1.50. The second kappa shape index (κ2) is 7.49. The number of methoxy groups -OCH3 is 3. The molecule has 21 heavy (non-hydrogen) atoms. The van der Waals surface area contributed by atoms with Crippen molar-refractivity contribution in [3.63, 3.8) is 0 Å². The SMILES string of the molecule is COc1ccc(C(NN)C2CCOCC2)c(OC)c1OC. The summed E-state index contributed by atoms with van der Waals surface area (Å²) in [5.74, 6) is 8.09. The van der Waals surface area contributed by atoms with E-state index < -0.39 is 0 Å². The van der Waals surface area contributed by atoms with Crippen LogP contribution >= 0.6 is 0 Å². The first-order chi connectivity index (χ1) is 10.3. The highest BCUT2D eigenvalue weighted by Crippen LogP contribution is 2.44. The minimum atomic E-state index is -0.0105. The summed E-state index contributed by atoms with van der Waals surface area (Å²) in [6.07, 6.45) is 1.93. The Balaban J connectivity index is 2.40. The van der Waals surface area contributed by atoms with Crippen molar-refractivity contribution in [3.8, 4) is 17.2 Å². The lowest BCUT2D eigenvalue weighted by Crippen LogP contribution is -2.36. The molecule has 0 aromatic heterocycles. The quantitative estimate of drug-likeness (QED) is 0.614. The lowest BCUT2D eigenvalue weighted by molar-refractivity contribution is 0.0532. The molecular weight excluding hydrogens is 272 g/mol. The van der Waals surface area contributed by atoms with Crippen molar-refractivity contribution in [2.24, 2.45) is 11.8 Å². The first kappa shape index (κ1) is 15.9. The highest BCUT2D eigenvalue weighted by atomic mass is 16.5. The van der Waals surface area contributed by atoms with Gasteiger partial charge < -0.3 is 18.9 Å². The topological polar surface area (TPSA) is 75.0 Å². The van der Waals surface area contributed by atoms with Crippen LogP contribution in [0.2, 0.25) is 0 Å². The number of nitrogens with two attached hydrogens (primary N) is 1. The molecule has 1 fully saturated rings. The molecule has 6 nitrogen and oxygen atoms in total. The van der Waals surface area contributed by atoms with Crippen molar-refractivity contribution in [3.05, 3.63) is 17.7 Å². The maximum absolute atomic E-state index is 5.80. The van der Waals surface area contributed by atoms with Crippen molar-refractivity contribution < 1.29 is 18.9 Å². The number of hydrogen-bond acceptors (Lipinski definition) is 6. The molecule has 0 saturated carbocycles. The molecule has 0 aliphatic carbocycles. The summed E-state index contributed by atoms with van der Waals surface area (Å²) >= 11 is 0. The number of rotatable bonds is 6. The van der Waals surface area contributed by atoms with Gasteiger partial charge in [0.15, 0.2) is 11.5 Å². The molecule has 0 spiro atoms. The Morgan fingerprint density at radius 2 is 1.76 bits per heavy atom. The lowest BCUT2D eigenvalue weighted by Gasteiger charge is -2.31. The maximum atomic E-state index is 5.80. The van der Waals surface area contributed by atoms with Gasteiger partial charge in [-0.15, -0.1) is 0 Å². The molecule has 1 aliphatic heterocycles. The molecule has 0 radical (unpaired) electrons. The van der Waals surface area contributed by atoms with Crippen LogP contribution in [0.25, 0.3) is 0 Å². The third-order valence-corrected chi connectivity index (χ3v) is 3.99. The van der Waals surface area contributed by atoms with Gasteiger partial charge in [-0.3, -0.25) is 11.3 Å². The standard InChI is InChI=1S/C15H24N2O4/c1-18-12-5-4-11(14(19-2)15(12)20-3)13(17-16)10-6-8-21-9-7-10/h4-5,10,13,17H,6-9,16H2,1-3H3. The molecule has 1 aromatic carbocycles. The van der Waals surface area contributed by atoms with Crippen molar-refractivity contribution in [2.45, 2.75) is 18.9 Å². The van der Waals surface area contributed by atoms with Crippen LogP contribution in [-0.4, -0.2) is 34.5 Å². The number of benzene rings is 1. The van der Waals surface area contributed by atoms with Crippen LogP contribution in [0.15, 0.2) is 12.1 Å². The zero-order valence-electron chi connectivity index (χ0n) is 12.8. The molecule has 1 aliphatic rings. The number of hydrazine groups is 1. The van der Waals surface area contributed by atoms with Crippen molar-refractivity contribution in [1.29, 1.82) is 0 Å². The Morgan fingerprint density at radius 3 is 2.29 bits per heavy atom. The molecule has 118 valence electrons. The molecule has 1 aromatic rings. The zero-order chi connectivity index (χ0) is 15.2. The van der Waals surface area contributed by atoms with E-state index in [9.17, 15) is 0 Å². The van der Waals surface area contributed by atoms with Gasteiger partial charge >= 0.3 is 0 Å². The van der Waals surface area contributed by atoms with Gasteiger partial charge in [0, 0.05) is 18.8 Å². The van der Waals surface area contributed by atoms with Crippen LogP contribution < -0.4 is 25.5 Å². The predicted octanol–water partition coefficient (Wildman–Crippen LogP) is 1.64. The van der Waals surface area contributed by atoms with Crippen LogP contribution in [0.3, 0.4) is 0 Å².